The maximum atomic E-state index is 8.60. The lowest BCUT2D eigenvalue weighted by atomic mass is 10.2. The predicted molar refractivity (Wildman–Crippen MR) is 56.4 cm³/mol. The fourth-order valence-electron chi connectivity index (χ4n) is 1.13. The van der Waals surface area contributed by atoms with Gasteiger partial charge in [-0.3, -0.25) is 0 Å². The Balaban J connectivity index is 2.40. The van der Waals surface area contributed by atoms with Gasteiger partial charge < -0.3 is 4.98 Å². The Morgan fingerprint density at radius 2 is 2.00 bits per heavy atom. The average Bonchev–Trinajstić information content (AvgIpc) is 2.67. The Labute approximate surface area is 89.5 Å². The molecule has 0 saturated carbocycles. The highest BCUT2D eigenvalue weighted by Crippen LogP contribution is 2.18. The first-order valence-corrected chi connectivity index (χ1v) is 4.80. The van der Waals surface area contributed by atoms with Crippen LogP contribution in [0.1, 0.15) is 5.69 Å². The number of imidazole rings is 1. The molecule has 0 amide bonds. The van der Waals surface area contributed by atoms with Crippen LogP contribution in [0, 0.1) is 11.3 Å². The van der Waals surface area contributed by atoms with Crippen LogP contribution in [0.15, 0.2) is 34.9 Å². The summed E-state index contributed by atoms with van der Waals surface area (Å²) < 4.78 is 1.02. The van der Waals surface area contributed by atoms with E-state index in [2.05, 4.69) is 25.9 Å². The van der Waals surface area contributed by atoms with Gasteiger partial charge in [-0.05, 0) is 12.1 Å². The molecule has 0 saturated heterocycles. The quantitative estimate of drug-likeness (QED) is 0.843. The van der Waals surface area contributed by atoms with Gasteiger partial charge in [-0.2, -0.15) is 5.26 Å². The van der Waals surface area contributed by atoms with Crippen LogP contribution in [0.5, 0.6) is 0 Å². The van der Waals surface area contributed by atoms with E-state index in [1.165, 1.54) is 0 Å². The average molecular weight is 248 g/mol. The van der Waals surface area contributed by atoms with Crippen molar-refractivity contribution in [3.8, 4) is 17.5 Å². The van der Waals surface area contributed by atoms with E-state index in [4.69, 9.17) is 5.26 Å². The van der Waals surface area contributed by atoms with Gasteiger partial charge in [-0.15, -0.1) is 0 Å². The van der Waals surface area contributed by atoms with Gasteiger partial charge in [0.05, 0.1) is 0 Å². The first-order valence-electron chi connectivity index (χ1n) is 4.01. The lowest BCUT2D eigenvalue weighted by molar-refractivity contribution is 1.29. The number of rotatable bonds is 1. The van der Waals surface area contributed by atoms with E-state index in [9.17, 15) is 0 Å². The molecule has 0 aliphatic rings. The second-order valence-corrected chi connectivity index (χ2v) is 3.67. The first-order chi connectivity index (χ1) is 6.79. The molecule has 0 spiro atoms. The SMILES string of the molecule is N#Cc1c[nH]c(-c2ccc(Br)cc2)n1. The largest absolute Gasteiger partial charge is 0.343 e. The zero-order valence-electron chi connectivity index (χ0n) is 7.16. The number of benzene rings is 1. The molecule has 4 heteroatoms. The van der Waals surface area contributed by atoms with Crippen molar-refractivity contribution in [3.63, 3.8) is 0 Å². The van der Waals surface area contributed by atoms with Crippen LogP contribution >= 0.6 is 15.9 Å². The van der Waals surface area contributed by atoms with Gasteiger partial charge in [0.2, 0.25) is 0 Å². The molecule has 0 aliphatic carbocycles. The fraction of sp³-hybridized carbons (Fsp3) is 0. The molecule has 0 aliphatic heterocycles. The van der Waals surface area contributed by atoms with Crippen molar-refractivity contribution in [3.05, 3.63) is 40.6 Å². The van der Waals surface area contributed by atoms with Crippen LogP contribution < -0.4 is 0 Å². The van der Waals surface area contributed by atoms with Gasteiger partial charge in [0.1, 0.15) is 11.9 Å². The number of nitrogens with one attached hydrogen (secondary N) is 1. The van der Waals surface area contributed by atoms with Gasteiger partial charge in [-0.25, -0.2) is 4.98 Å². The summed E-state index contributed by atoms with van der Waals surface area (Å²) in [6.45, 7) is 0. The number of aromatic amines is 1. The monoisotopic (exact) mass is 247 g/mol. The van der Waals surface area contributed by atoms with E-state index < -0.39 is 0 Å². The molecule has 2 aromatic rings. The molecule has 0 fully saturated rings. The summed E-state index contributed by atoms with van der Waals surface area (Å²) in [7, 11) is 0. The molecule has 1 aromatic heterocycles. The van der Waals surface area contributed by atoms with E-state index >= 15 is 0 Å². The minimum Gasteiger partial charge on any atom is -0.343 e. The highest BCUT2D eigenvalue weighted by Gasteiger charge is 2.02. The third-order valence-electron chi connectivity index (χ3n) is 1.81. The van der Waals surface area contributed by atoms with Crippen LogP contribution in [-0.2, 0) is 0 Å². The number of hydrogen-bond acceptors (Lipinski definition) is 2. The zero-order chi connectivity index (χ0) is 9.97. The molecule has 3 nitrogen and oxygen atoms in total. The van der Waals surface area contributed by atoms with E-state index in [1.807, 2.05) is 30.3 Å². The highest BCUT2D eigenvalue weighted by atomic mass is 79.9. The molecule has 68 valence electrons. The molecule has 0 unspecified atom stereocenters. The number of nitriles is 1. The Kier molecular flexibility index (Phi) is 2.33. The standard InChI is InChI=1S/C10H6BrN3/c11-8-3-1-7(2-4-8)10-13-6-9(5-12)14-10/h1-4,6H,(H,13,14). The van der Waals surface area contributed by atoms with Gasteiger partial charge in [0.15, 0.2) is 5.69 Å². The van der Waals surface area contributed by atoms with Gasteiger partial charge in [-0.1, -0.05) is 28.1 Å². The van der Waals surface area contributed by atoms with Crippen molar-refractivity contribution in [1.29, 1.82) is 5.26 Å². The molecule has 1 N–H and O–H groups in total. The maximum Gasteiger partial charge on any atom is 0.158 e. The summed E-state index contributed by atoms with van der Waals surface area (Å²) in [6, 6.07) is 9.71. The van der Waals surface area contributed by atoms with E-state index in [-0.39, 0.29) is 0 Å². The van der Waals surface area contributed by atoms with Crippen LogP contribution in [0.3, 0.4) is 0 Å². The molecular weight excluding hydrogens is 242 g/mol. The predicted octanol–water partition coefficient (Wildman–Crippen LogP) is 2.71. The number of nitrogens with zero attached hydrogens (tertiary/aromatic N) is 2. The summed E-state index contributed by atoms with van der Waals surface area (Å²) in [5.41, 5.74) is 1.37. The Hall–Kier alpha value is -1.60. The first kappa shape index (κ1) is 8.97. The van der Waals surface area contributed by atoms with Crippen LogP contribution in [0.25, 0.3) is 11.4 Å². The van der Waals surface area contributed by atoms with Crippen molar-refractivity contribution in [2.24, 2.45) is 0 Å². The normalized spacial score (nSPS) is 9.71. The Morgan fingerprint density at radius 1 is 1.29 bits per heavy atom. The van der Waals surface area contributed by atoms with Crippen LogP contribution in [0.2, 0.25) is 0 Å². The lowest BCUT2D eigenvalue weighted by Gasteiger charge is -1.95. The number of halogens is 1. The molecule has 2 rings (SSSR count). The maximum absolute atomic E-state index is 8.60. The van der Waals surface area contributed by atoms with Crippen molar-refractivity contribution in [2.75, 3.05) is 0 Å². The van der Waals surface area contributed by atoms with Crippen molar-refractivity contribution < 1.29 is 0 Å². The van der Waals surface area contributed by atoms with Crippen molar-refractivity contribution in [2.45, 2.75) is 0 Å². The fourth-order valence-corrected chi connectivity index (χ4v) is 1.40. The Morgan fingerprint density at radius 3 is 2.57 bits per heavy atom. The molecule has 1 heterocycles. The van der Waals surface area contributed by atoms with Gasteiger partial charge in [0, 0.05) is 16.2 Å². The number of aromatic nitrogens is 2. The lowest BCUT2D eigenvalue weighted by Crippen LogP contribution is -1.79. The topological polar surface area (TPSA) is 52.5 Å². The minimum absolute atomic E-state index is 0.405. The van der Waals surface area contributed by atoms with Gasteiger partial charge >= 0.3 is 0 Å². The summed E-state index contributed by atoms with van der Waals surface area (Å²) in [4.78, 5) is 7.04. The van der Waals surface area contributed by atoms with E-state index in [1.54, 1.807) is 6.20 Å². The summed E-state index contributed by atoms with van der Waals surface area (Å²) in [6.07, 6.45) is 1.59. The number of hydrogen-bond donors (Lipinski definition) is 1. The smallest absolute Gasteiger partial charge is 0.158 e. The van der Waals surface area contributed by atoms with Crippen molar-refractivity contribution in [1.82, 2.24) is 9.97 Å². The second kappa shape index (κ2) is 3.64. The summed E-state index contributed by atoms with van der Waals surface area (Å²) in [5, 5.41) is 8.60. The second-order valence-electron chi connectivity index (χ2n) is 2.75. The summed E-state index contributed by atoms with van der Waals surface area (Å²) in [5.74, 6) is 0.717. The van der Waals surface area contributed by atoms with Crippen LogP contribution in [-0.4, -0.2) is 9.97 Å². The third kappa shape index (κ3) is 1.68. The zero-order valence-corrected chi connectivity index (χ0v) is 8.75. The molecule has 0 radical (unpaired) electrons. The van der Waals surface area contributed by atoms with Gasteiger partial charge in [0.25, 0.3) is 0 Å². The molecular formula is C10H6BrN3. The molecule has 0 bridgehead atoms. The molecule has 14 heavy (non-hydrogen) atoms. The molecule has 0 atom stereocenters. The number of H-pyrrole nitrogens is 1. The van der Waals surface area contributed by atoms with E-state index in [0.29, 0.717) is 11.5 Å². The van der Waals surface area contributed by atoms with Crippen LogP contribution in [0.4, 0.5) is 0 Å². The third-order valence-corrected chi connectivity index (χ3v) is 2.34. The molecule has 1 aromatic carbocycles. The van der Waals surface area contributed by atoms with Crippen molar-refractivity contribution >= 4 is 15.9 Å². The van der Waals surface area contributed by atoms with E-state index in [0.717, 1.165) is 10.0 Å². The summed E-state index contributed by atoms with van der Waals surface area (Å²) >= 11 is 3.35. The minimum atomic E-state index is 0.405. The Bertz CT molecular complexity index is 479. The highest BCUT2D eigenvalue weighted by molar-refractivity contribution is 9.10.